The smallest absolute Gasteiger partial charge is 0.0653 e. The van der Waals surface area contributed by atoms with Crippen molar-refractivity contribution in [3.05, 3.63) is 33.8 Å². The van der Waals surface area contributed by atoms with Gasteiger partial charge < -0.3 is 10.8 Å². The summed E-state index contributed by atoms with van der Waals surface area (Å²) in [5.74, 6) is 0. The molecule has 0 saturated carbocycles. The van der Waals surface area contributed by atoms with Gasteiger partial charge in [-0.05, 0) is 24.1 Å². The summed E-state index contributed by atoms with van der Waals surface area (Å²) in [4.78, 5) is 0. The lowest BCUT2D eigenvalue weighted by Crippen LogP contribution is -2.39. The van der Waals surface area contributed by atoms with E-state index in [9.17, 15) is 5.11 Å². The van der Waals surface area contributed by atoms with Crippen molar-refractivity contribution in [1.29, 1.82) is 0 Å². The van der Waals surface area contributed by atoms with Crippen molar-refractivity contribution in [3.8, 4) is 0 Å². The van der Waals surface area contributed by atoms with E-state index in [4.69, 9.17) is 28.9 Å². The van der Waals surface area contributed by atoms with Crippen molar-refractivity contribution < 1.29 is 5.11 Å². The maximum atomic E-state index is 9.20. The molecule has 4 heteroatoms. The first-order chi connectivity index (χ1) is 6.53. The number of benzene rings is 1. The van der Waals surface area contributed by atoms with Crippen molar-refractivity contribution in [2.24, 2.45) is 5.73 Å². The van der Waals surface area contributed by atoms with Gasteiger partial charge in [-0.25, -0.2) is 0 Å². The van der Waals surface area contributed by atoms with Crippen molar-refractivity contribution in [2.75, 3.05) is 6.61 Å². The Balaban J connectivity index is 3.12. The molecule has 1 rings (SSSR count). The third-order valence-electron chi connectivity index (χ3n) is 2.41. The zero-order valence-electron chi connectivity index (χ0n) is 7.93. The monoisotopic (exact) mass is 233 g/mol. The first-order valence-electron chi connectivity index (χ1n) is 4.39. The number of aliphatic hydroxyl groups excluding tert-OH is 1. The molecule has 0 aliphatic carbocycles. The van der Waals surface area contributed by atoms with Crippen LogP contribution in [0.2, 0.25) is 10.0 Å². The Bertz CT molecular complexity index is 324. The lowest BCUT2D eigenvalue weighted by atomic mass is 9.89. The molecule has 2 nitrogen and oxygen atoms in total. The van der Waals surface area contributed by atoms with E-state index >= 15 is 0 Å². The van der Waals surface area contributed by atoms with Gasteiger partial charge in [0.2, 0.25) is 0 Å². The number of hydrogen-bond acceptors (Lipinski definition) is 2. The van der Waals surface area contributed by atoms with Gasteiger partial charge in [0.25, 0.3) is 0 Å². The van der Waals surface area contributed by atoms with Crippen LogP contribution in [0.3, 0.4) is 0 Å². The highest BCUT2D eigenvalue weighted by molar-refractivity contribution is 6.42. The summed E-state index contributed by atoms with van der Waals surface area (Å²) in [5.41, 5.74) is 6.06. The van der Waals surface area contributed by atoms with Crippen LogP contribution in [0.25, 0.3) is 0 Å². The second kappa shape index (κ2) is 4.49. The molecule has 0 aliphatic heterocycles. The highest BCUT2D eigenvalue weighted by Crippen LogP contribution is 2.28. The maximum absolute atomic E-state index is 9.20. The first-order valence-corrected chi connectivity index (χ1v) is 5.14. The van der Waals surface area contributed by atoms with Gasteiger partial charge in [0.15, 0.2) is 0 Å². The van der Waals surface area contributed by atoms with Gasteiger partial charge in [0, 0.05) is 0 Å². The minimum atomic E-state index is -0.728. The Kier molecular flexibility index (Phi) is 3.78. The van der Waals surface area contributed by atoms with Crippen LogP contribution in [0.1, 0.15) is 18.9 Å². The van der Waals surface area contributed by atoms with Crippen LogP contribution in [0.15, 0.2) is 18.2 Å². The minimum absolute atomic E-state index is 0.110. The van der Waals surface area contributed by atoms with Crippen molar-refractivity contribution in [3.63, 3.8) is 0 Å². The van der Waals surface area contributed by atoms with Gasteiger partial charge >= 0.3 is 0 Å². The molecule has 78 valence electrons. The number of hydrogen-bond donors (Lipinski definition) is 2. The van der Waals surface area contributed by atoms with Crippen LogP contribution in [0.5, 0.6) is 0 Å². The second-order valence-electron chi connectivity index (χ2n) is 3.30. The van der Waals surface area contributed by atoms with Crippen LogP contribution in [-0.4, -0.2) is 11.7 Å². The van der Waals surface area contributed by atoms with Crippen molar-refractivity contribution >= 4 is 23.2 Å². The fourth-order valence-electron chi connectivity index (χ4n) is 1.21. The van der Waals surface area contributed by atoms with Gasteiger partial charge in [-0.3, -0.25) is 0 Å². The third kappa shape index (κ3) is 2.20. The van der Waals surface area contributed by atoms with Gasteiger partial charge in [-0.2, -0.15) is 0 Å². The number of halogens is 2. The molecule has 3 N–H and O–H groups in total. The summed E-state index contributed by atoms with van der Waals surface area (Å²) < 4.78 is 0. The highest BCUT2D eigenvalue weighted by atomic mass is 35.5. The Labute approximate surface area is 93.6 Å². The van der Waals surface area contributed by atoms with E-state index in [0.29, 0.717) is 16.5 Å². The Morgan fingerprint density at radius 1 is 1.36 bits per heavy atom. The van der Waals surface area contributed by atoms with E-state index in [-0.39, 0.29) is 6.61 Å². The quantitative estimate of drug-likeness (QED) is 0.844. The fourth-order valence-corrected chi connectivity index (χ4v) is 1.51. The molecule has 0 amide bonds. The molecular formula is C10H13Cl2NO. The van der Waals surface area contributed by atoms with Crippen LogP contribution < -0.4 is 5.73 Å². The van der Waals surface area contributed by atoms with Crippen LogP contribution in [0, 0.1) is 0 Å². The molecule has 0 saturated heterocycles. The van der Waals surface area contributed by atoms with E-state index in [2.05, 4.69) is 0 Å². The Morgan fingerprint density at radius 3 is 2.43 bits per heavy atom. The fraction of sp³-hybridized carbons (Fsp3) is 0.400. The molecule has 14 heavy (non-hydrogen) atoms. The Morgan fingerprint density at radius 2 is 2.00 bits per heavy atom. The normalized spacial score (nSPS) is 15.2. The number of rotatable bonds is 3. The molecule has 0 radical (unpaired) electrons. The summed E-state index contributed by atoms with van der Waals surface area (Å²) >= 11 is 11.6. The van der Waals surface area contributed by atoms with Crippen LogP contribution >= 0.6 is 23.2 Å². The topological polar surface area (TPSA) is 46.2 Å². The summed E-state index contributed by atoms with van der Waals surface area (Å²) in [6.45, 7) is 1.81. The minimum Gasteiger partial charge on any atom is -0.394 e. The number of nitrogens with two attached hydrogens (primary N) is 1. The molecule has 1 unspecified atom stereocenters. The maximum Gasteiger partial charge on any atom is 0.0653 e. The third-order valence-corrected chi connectivity index (χ3v) is 3.15. The molecular weight excluding hydrogens is 221 g/mol. The highest BCUT2D eigenvalue weighted by Gasteiger charge is 2.24. The molecule has 0 fully saturated rings. The lowest BCUT2D eigenvalue weighted by molar-refractivity contribution is 0.192. The molecule has 1 aromatic rings. The first kappa shape index (κ1) is 11.8. The van der Waals surface area contributed by atoms with E-state index < -0.39 is 5.54 Å². The molecule has 0 spiro atoms. The van der Waals surface area contributed by atoms with Gasteiger partial charge in [0.05, 0.1) is 22.2 Å². The molecule has 0 aromatic heterocycles. The van der Waals surface area contributed by atoms with E-state index in [0.717, 1.165) is 5.56 Å². The zero-order valence-corrected chi connectivity index (χ0v) is 9.44. The SMILES string of the molecule is CCC(N)(CO)c1ccc(Cl)c(Cl)c1. The summed E-state index contributed by atoms with van der Waals surface area (Å²) in [7, 11) is 0. The standard InChI is InChI=1S/C10H13Cl2NO/c1-2-10(13,6-14)7-3-4-8(11)9(12)5-7/h3-5,14H,2,6,13H2,1H3. The molecule has 1 aromatic carbocycles. The average Bonchev–Trinajstić information content (AvgIpc) is 2.21. The van der Waals surface area contributed by atoms with Crippen molar-refractivity contribution in [1.82, 2.24) is 0 Å². The molecule has 1 atom stereocenters. The number of aliphatic hydroxyl groups is 1. The van der Waals surface area contributed by atoms with Gasteiger partial charge in [-0.1, -0.05) is 36.2 Å². The average molecular weight is 234 g/mol. The van der Waals surface area contributed by atoms with E-state index in [1.807, 2.05) is 6.92 Å². The predicted octanol–water partition coefficient (Wildman–Crippen LogP) is 2.55. The van der Waals surface area contributed by atoms with Gasteiger partial charge in [0.1, 0.15) is 0 Å². The lowest BCUT2D eigenvalue weighted by Gasteiger charge is -2.26. The summed E-state index contributed by atoms with van der Waals surface area (Å²) in [6.07, 6.45) is 0.640. The molecule has 0 bridgehead atoms. The van der Waals surface area contributed by atoms with E-state index in [1.165, 1.54) is 0 Å². The summed E-state index contributed by atoms with van der Waals surface area (Å²) in [5, 5.41) is 10.1. The second-order valence-corrected chi connectivity index (χ2v) is 4.11. The van der Waals surface area contributed by atoms with E-state index in [1.54, 1.807) is 18.2 Å². The summed E-state index contributed by atoms with van der Waals surface area (Å²) in [6, 6.07) is 5.17. The molecule has 0 aliphatic rings. The van der Waals surface area contributed by atoms with Crippen LogP contribution in [-0.2, 0) is 5.54 Å². The Hall–Kier alpha value is -0.280. The van der Waals surface area contributed by atoms with Crippen molar-refractivity contribution in [2.45, 2.75) is 18.9 Å². The molecule has 0 heterocycles. The van der Waals surface area contributed by atoms with Crippen LogP contribution in [0.4, 0.5) is 0 Å². The largest absolute Gasteiger partial charge is 0.394 e. The predicted molar refractivity (Wildman–Crippen MR) is 59.7 cm³/mol. The zero-order chi connectivity index (χ0) is 10.8. The van der Waals surface area contributed by atoms with Gasteiger partial charge in [-0.15, -0.1) is 0 Å².